The molecule has 2 rings (SSSR count). The van der Waals surface area contributed by atoms with Gasteiger partial charge < -0.3 is 14.4 Å². The molecule has 0 saturated carbocycles. The predicted octanol–water partition coefficient (Wildman–Crippen LogP) is 2.08. The molecule has 0 aliphatic carbocycles. The largest absolute Gasteiger partial charge is 0.482 e. The van der Waals surface area contributed by atoms with E-state index in [4.69, 9.17) is 21.1 Å². The molecule has 150 valence electrons. The van der Waals surface area contributed by atoms with Crippen molar-refractivity contribution in [2.24, 2.45) is 0 Å². The van der Waals surface area contributed by atoms with Gasteiger partial charge in [-0.1, -0.05) is 31.0 Å². The second-order valence-corrected chi connectivity index (χ2v) is 9.07. The molecule has 1 heterocycles. The lowest BCUT2D eigenvalue weighted by molar-refractivity contribution is -0.154. The number of benzene rings is 1. The molecule has 0 radical (unpaired) electrons. The van der Waals surface area contributed by atoms with Gasteiger partial charge in [0.25, 0.3) is 5.91 Å². The third-order valence-electron chi connectivity index (χ3n) is 4.23. The third kappa shape index (κ3) is 7.03. The Bertz CT molecular complexity index is 767. The summed E-state index contributed by atoms with van der Waals surface area (Å²) in [5.74, 6) is -0.597. The maximum atomic E-state index is 12.5. The van der Waals surface area contributed by atoms with E-state index in [1.165, 1.54) is 4.90 Å². The number of ether oxygens (including phenoxy) is 2. The summed E-state index contributed by atoms with van der Waals surface area (Å²) in [4.78, 5) is 25.8. The van der Waals surface area contributed by atoms with E-state index < -0.39 is 22.4 Å². The van der Waals surface area contributed by atoms with Gasteiger partial charge in [-0.3, -0.25) is 4.79 Å². The fourth-order valence-corrected chi connectivity index (χ4v) is 4.74. The monoisotopic (exact) mass is 417 g/mol. The van der Waals surface area contributed by atoms with Crippen molar-refractivity contribution in [1.29, 1.82) is 0 Å². The molecule has 0 spiro atoms. The molecule has 1 aromatic carbocycles. The van der Waals surface area contributed by atoms with Crippen molar-refractivity contribution in [3.8, 4) is 5.75 Å². The van der Waals surface area contributed by atoms with Crippen molar-refractivity contribution in [2.45, 2.75) is 32.2 Å². The van der Waals surface area contributed by atoms with Crippen LogP contribution in [0.1, 0.15) is 26.2 Å². The van der Waals surface area contributed by atoms with E-state index in [0.29, 0.717) is 23.7 Å². The number of carbonyl (C=O) groups excluding carboxylic acids is 2. The van der Waals surface area contributed by atoms with Crippen molar-refractivity contribution in [3.05, 3.63) is 29.3 Å². The second kappa shape index (κ2) is 9.94. The molecule has 0 aromatic heterocycles. The average molecular weight is 418 g/mol. The number of hydrogen-bond donors (Lipinski definition) is 0. The second-order valence-electron chi connectivity index (χ2n) is 6.40. The number of unbranched alkanes of at least 4 members (excludes halogenated alkanes) is 1. The summed E-state index contributed by atoms with van der Waals surface area (Å²) in [5.41, 5.74) is 0. The first kappa shape index (κ1) is 21.5. The number of esters is 1. The topological polar surface area (TPSA) is 90.0 Å². The molecule has 0 bridgehead atoms. The van der Waals surface area contributed by atoms with Gasteiger partial charge in [0.1, 0.15) is 5.75 Å². The molecule has 1 aromatic rings. The Balaban J connectivity index is 1.84. The molecular formula is C18H24ClNO6S. The standard InChI is InChI=1S/C18H24ClNO6S/c1-2-3-8-20(15-7-9-27(23,24)13-15)17(21)11-26-18(22)12-25-16-6-4-5-14(19)10-16/h4-6,10,15H,2-3,7-9,11-13H2,1H3. The van der Waals surface area contributed by atoms with Gasteiger partial charge >= 0.3 is 5.97 Å². The first-order valence-electron chi connectivity index (χ1n) is 8.84. The zero-order chi connectivity index (χ0) is 19.9. The van der Waals surface area contributed by atoms with Gasteiger partial charge in [0.2, 0.25) is 0 Å². The highest BCUT2D eigenvalue weighted by molar-refractivity contribution is 7.91. The van der Waals surface area contributed by atoms with Crippen LogP contribution in [-0.4, -0.2) is 62.5 Å². The summed E-state index contributed by atoms with van der Waals surface area (Å²) < 4.78 is 33.7. The summed E-state index contributed by atoms with van der Waals surface area (Å²) in [5, 5.41) is 0.481. The van der Waals surface area contributed by atoms with E-state index in [1.54, 1.807) is 24.3 Å². The highest BCUT2D eigenvalue weighted by atomic mass is 35.5. The van der Waals surface area contributed by atoms with Gasteiger partial charge in [-0.15, -0.1) is 0 Å². The summed E-state index contributed by atoms with van der Waals surface area (Å²) in [6.07, 6.45) is 2.05. The number of halogens is 1. The van der Waals surface area contributed by atoms with Crippen LogP contribution in [0.2, 0.25) is 5.02 Å². The minimum atomic E-state index is -3.11. The van der Waals surface area contributed by atoms with E-state index >= 15 is 0 Å². The van der Waals surface area contributed by atoms with Crippen LogP contribution in [0.3, 0.4) is 0 Å². The first-order valence-corrected chi connectivity index (χ1v) is 11.0. The lowest BCUT2D eigenvalue weighted by Gasteiger charge is -2.28. The van der Waals surface area contributed by atoms with Gasteiger partial charge in [-0.05, 0) is 31.0 Å². The lowest BCUT2D eigenvalue weighted by atomic mass is 10.2. The normalized spacial score (nSPS) is 18.1. The minimum absolute atomic E-state index is 0.0335. The molecular weight excluding hydrogens is 394 g/mol. The molecule has 1 amide bonds. The Morgan fingerprint density at radius 3 is 2.70 bits per heavy atom. The molecule has 1 saturated heterocycles. The van der Waals surface area contributed by atoms with E-state index in [9.17, 15) is 18.0 Å². The van der Waals surface area contributed by atoms with Crippen LogP contribution >= 0.6 is 11.6 Å². The van der Waals surface area contributed by atoms with Crippen molar-refractivity contribution < 1.29 is 27.5 Å². The molecule has 1 aliphatic rings. The minimum Gasteiger partial charge on any atom is -0.482 e. The van der Waals surface area contributed by atoms with Crippen molar-refractivity contribution in [1.82, 2.24) is 4.90 Å². The zero-order valence-corrected chi connectivity index (χ0v) is 16.8. The van der Waals surface area contributed by atoms with E-state index in [-0.39, 0.29) is 30.1 Å². The summed E-state index contributed by atoms with van der Waals surface area (Å²) >= 11 is 5.83. The number of rotatable bonds is 9. The van der Waals surface area contributed by atoms with Crippen LogP contribution < -0.4 is 4.74 Å². The molecule has 0 N–H and O–H groups in total. The van der Waals surface area contributed by atoms with Gasteiger partial charge in [0.15, 0.2) is 23.1 Å². The lowest BCUT2D eigenvalue weighted by Crippen LogP contribution is -2.44. The molecule has 1 fully saturated rings. The fraction of sp³-hybridized carbons (Fsp3) is 0.556. The van der Waals surface area contributed by atoms with Crippen LogP contribution in [0.15, 0.2) is 24.3 Å². The van der Waals surface area contributed by atoms with Gasteiger partial charge in [0, 0.05) is 17.6 Å². The highest BCUT2D eigenvalue weighted by Crippen LogP contribution is 2.19. The summed E-state index contributed by atoms with van der Waals surface area (Å²) in [7, 11) is -3.11. The highest BCUT2D eigenvalue weighted by Gasteiger charge is 2.34. The number of sulfone groups is 1. The van der Waals surface area contributed by atoms with E-state index in [2.05, 4.69) is 0 Å². The Morgan fingerprint density at radius 1 is 1.30 bits per heavy atom. The number of amides is 1. The van der Waals surface area contributed by atoms with Gasteiger partial charge in [-0.2, -0.15) is 0 Å². The van der Waals surface area contributed by atoms with E-state index in [0.717, 1.165) is 12.8 Å². The maximum Gasteiger partial charge on any atom is 0.344 e. The molecule has 1 unspecified atom stereocenters. The fourth-order valence-electron chi connectivity index (χ4n) is 2.83. The summed E-state index contributed by atoms with van der Waals surface area (Å²) in [6, 6.07) is 6.23. The molecule has 9 heteroatoms. The average Bonchev–Trinajstić information content (AvgIpc) is 2.98. The molecule has 27 heavy (non-hydrogen) atoms. The maximum absolute atomic E-state index is 12.5. The Morgan fingerprint density at radius 2 is 2.07 bits per heavy atom. The van der Waals surface area contributed by atoms with E-state index in [1.807, 2.05) is 6.92 Å². The molecule has 7 nitrogen and oxygen atoms in total. The smallest absolute Gasteiger partial charge is 0.344 e. The number of carbonyl (C=O) groups is 2. The van der Waals surface area contributed by atoms with Crippen LogP contribution in [0.5, 0.6) is 5.75 Å². The van der Waals surface area contributed by atoms with Crippen LogP contribution in [0.25, 0.3) is 0 Å². The van der Waals surface area contributed by atoms with Crippen molar-refractivity contribution in [3.63, 3.8) is 0 Å². The number of nitrogens with zero attached hydrogens (tertiary/aromatic N) is 1. The number of hydrogen-bond acceptors (Lipinski definition) is 6. The van der Waals surface area contributed by atoms with Crippen LogP contribution in [0.4, 0.5) is 0 Å². The van der Waals surface area contributed by atoms with Crippen LogP contribution in [0, 0.1) is 0 Å². The Kier molecular flexibility index (Phi) is 7.91. The van der Waals surface area contributed by atoms with Crippen LogP contribution in [-0.2, 0) is 24.2 Å². The third-order valence-corrected chi connectivity index (χ3v) is 6.22. The van der Waals surface area contributed by atoms with Gasteiger partial charge in [-0.25, -0.2) is 13.2 Å². The van der Waals surface area contributed by atoms with Crippen molar-refractivity contribution >= 4 is 33.3 Å². The van der Waals surface area contributed by atoms with Gasteiger partial charge in [0.05, 0.1) is 11.5 Å². The summed E-state index contributed by atoms with van der Waals surface area (Å²) in [6.45, 7) is 1.66. The first-order chi connectivity index (χ1) is 12.8. The zero-order valence-electron chi connectivity index (χ0n) is 15.2. The Hall–Kier alpha value is -1.80. The SMILES string of the molecule is CCCCN(C(=O)COC(=O)COc1cccc(Cl)c1)C1CCS(=O)(=O)C1. The molecule has 1 aliphatic heterocycles. The van der Waals surface area contributed by atoms with Crippen molar-refractivity contribution in [2.75, 3.05) is 31.3 Å². The Labute approximate surface area is 164 Å². The quantitative estimate of drug-likeness (QED) is 0.571. The predicted molar refractivity (Wildman–Crippen MR) is 102 cm³/mol. The molecule has 1 atom stereocenters.